The molecule has 0 saturated carbocycles. The summed E-state index contributed by atoms with van der Waals surface area (Å²) in [6.07, 6.45) is 3.42. The van der Waals surface area contributed by atoms with Crippen molar-refractivity contribution in [2.24, 2.45) is 5.92 Å². The van der Waals surface area contributed by atoms with Gasteiger partial charge in [0.1, 0.15) is 6.04 Å². The zero-order valence-corrected chi connectivity index (χ0v) is 11.7. The van der Waals surface area contributed by atoms with E-state index in [1.54, 1.807) is 6.20 Å². The highest BCUT2D eigenvalue weighted by molar-refractivity contribution is 5.95. The zero-order valence-electron chi connectivity index (χ0n) is 11.7. The minimum atomic E-state index is -0.304. The monoisotopic (exact) mass is 266 g/mol. The van der Waals surface area contributed by atoms with E-state index in [0.717, 1.165) is 12.2 Å². The summed E-state index contributed by atoms with van der Waals surface area (Å²) in [5, 5.41) is 10.3. The first-order valence-corrected chi connectivity index (χ1v) is 6.74. The van der Waals surface area contributed by atoms with Gasteiger partial charge in [0.2, 0.25) is 5.91 Å². The first-order valence-electron chi connectivity index (χ1n) is 6.74. The van der Waals surface area contributed by atoms with Gasteiger partial charge in [-0.2, -0.15) is 5.10 Å². The van der Waals surface area contributed by atoms with Crippen molar-refractivity contribution >= 4 is 11.6 Å². The molecule has 1 aliphatic rings. The molecule has 0 radical (unpaired) electrons. The van der Waals surface area contributed by atoms with Gasteiger partial charge in [-0.3, -0.25) is 9.48 Å². The second-order valence-corrected chi connectivity index (χ2v) is 5.34. The summed E-state index contributed by atoms with van der Waals surface area (Å²) < 4.78 is 7.30. The number of rotatable bonds is 4. The molecule has 0 unspecified atom stereocenters. The number of hydrogen-bond acceptors (Lipinski definition) is 4. The summed E-state index contributed by atoms with van der Waals surface area (Å²) in [6.45, 7) is 8.36. The van der Waals surface area contributed by atoms with Gasteiger partial charge in [-0.25, -0.2) is 0 Å². The maximum absolute atomic E-state index is 12.1. The molecule has 0 spiro atoms. The van der Waals surface area contributed by atoms with Crippen molar-refractivity contribution in [2.45, 2.75) is 39.5 Å². The van der Waals surface area contributed by atoms with Crippen LogP contribution in [0.25, 0.3) is 0 Å². The number of morpholine rings is 1. The second kappa shape index (κ2) is 6.16. The molecule has 6 nitrogen and oxygen atoms in total. The van der Waals surface area contributed by atoms with E-state index in [-0.39, 0.29) is 18.1 Å². The van der Waals surface area contributed by atoms with Crippen molar-refractivity contribution in [3.05, 3.63) is 12.4 Å². The minimum Gasteiger partial charge on any atom is -0.375 e. The van der Waals surface area contributed by atoms with Crippen molar-refractivity contribution in [3.63, 3.8) is 0 Å². The molecule has 1 aliphatic heterocycles. The van der Waals surface area contributed by atoms with Crippen LogP contribution in [0.2, 0.25) is 0 Å². The summed E-state index contributed by atoms with van der Waals surface area (Å²) in [6, 6.07) is -0.304. The van der Waals surface area contributed by atoms with Gasteiger partial charge < -0.3 is 15.4 Å². The molecule has 0 bridgehead atoms. The van der Waals surface area contributed by atoms with E-state index in [1.165, 1.54) is 0 Å². The van der Waals surface area contributed by atoms with Gasteiger partial charge >= 0.3 is 0 Å². The van der Waals surface area contributed by atoms with Crippen molar-refractivity contribution in [1.29, 1.82) is 0 Å². The van der Waals surface area contributed by atoms with E-state index >= 15 is 0 Å². The fraction of sp³-hybridized carbons (Fsp3) is 0.692. The number of nitrogens with one attached hydrogen (secondary N) is 2. The van der Waals surface area contributed by atoms with Crippen LogP contribution >= 0.6 is 0 Å². The molecule has 6 heteroatoms. The van der Waals surface area contributed by atoms with Crippen LogP contribution in [0.3, 0.4) is 0 Å². The van der Waals surface area contributed by atoms with Gasteiger partial charge in [0, 0.05) is 19.3 Å². The quantitative estimate of drug-likeness (QED) is 0.848. The van der Waals surface area contributed by atoms with E-state index < -0.39 is 0 Å². The average molecular weight is 266 g/mol. The molecule has 1 aromatic rings. The Labute approximate surface area is 113 Å². The Morgan fingerprint density at radius 2 is 2.47 bits per heavy atom. The third-order valence-corrected chi connectivity index (χ3v) is 3.05. The summed E-state index contributed by atoms with van der Waals surface area (Å²) in [5.74, 6) is 0.452. The molecule has 0 aromatic carbocycles. The topological polar surface area (TPSA) is 68.2 Å². The second-order valence-electron chi connectivity index (χ2n) is 5.34. The predicted octanol–water partition coefficient (Wildman–Crippen LogP) is 0.854. The van der Waals surface area contributed by atoms with Crippen LogP contribution in [0.15, 0.2) is 12.4 Å². The lowest BCUT2D eigenvalue weighted by Gasteiger charge is -2.29. The summed E-state index contributed by atoms with van der Waals surface area (Å²) in [4.78, 5) is 12.1. The van der Waals surface area contributed by atoms with Gasteiger partial charge in [0.05, 0.1) is 24.6 Å². The van der Waals surface area contributed by atoms with Crippen molar-refractivity contribution in [3.8, 4) is 0 Å². The molecule has 1 saturated heterocycles. The number of hydrogen-bond donors (Lipinski definition) is 2. The van der Waals surface area contributed by atoms with E-state index in [2.05, 4.69) is 29.6 Å². The van der Waals surface area contributed by atoms with E-state index in [4.69, 9.17) is 4.74 Å². The van der Waals surface area contributed by atoms with E-state index in [0.29, 0.717) is 19.1 Å². The number of aromatic nitrogens is 2. The third-order valence-electron chi connectivity index (χ3n) is 3.05. The van der Waals surface area contributed by atoms with Crippen molar-refractivity contribution in [2.75, 3.05) is 18.5 Å². The fourth-order valence-corrected chi connectivity index (χ4v) is 2.15. The van der Waals surface area contributed by atoms with Crippen LogP contribution in [-0.2, 0) is 16.1 Å². The van der Waals surface area contributed by atoms with Crippen LogP contribution in [0.4, 0.5) is 5.69 Å². The molecule has 106 valence electrons. The van der Waals surface area contributed by atoms with Gasteiger partial charge in [-0.1, -0.05) is 13.8 Å². The Balaban J connectivity index is 1.92. The third kappa shape index (κ3) is 3.78. The first kappa shape index (κ1) is 14.0. The van der Waals surface area contributed by atoms with Crippen LogP contribution < -0.4 is 10.6 Å². The molecule has 19 heavy (non-hydrogen) atoms. The lowest BCUT2D eigenvalue weighted by atomic mass is 10.1. The SMILES string of the molecule is CC(C)Cn1cc(NC(=O)[C@H]2NCCO[C@@H]2C)cn1. The van der Waals surface area contributed by atoms with Crippen molar-refractivity contribution in [1.82, 2.24) is 15.1 Å². The maximum atomic E-state index is 12.1. The Morgan fingerprint density at radius 1 is 1.68 bits per heavy atom. The number of nitrogens with zero attached hydrogens (tertiary/aromatic N) is 2. The number of carbonyl (C=O) groups excluding carboxylic acids is 1. The molecule has 2 heterocycles. The zero-order chi connectivity index (χ0) is 13.8. The summed E-state index contributed by atoms with van der Waals surface area (Å²) in [7, 11) is 0. The van der Waals surface area contributed by atoms with E-state index in [9.17, 15) is 4.79 Å². The van der Waals surface area contributed by atoms with Crippen LogP contribution in [0.1, 0.15) is 20.8 Å². The van der Waals surface area contributed by atoms with Crippen LogP contribution in [0, 0.1) is 5.92 Å². The van der Waals surface area contributed by atoms with Crippen LogP contribution in [0.5, 0.6) is 0 Å². The molecule has 2 N–H and O–H groups in total. The first-order chi connectivity index (χ1) is 9.06. The molecule has 2 atom stereocenters. The largest absolute Gasteiger partial charge is 0.375 e. The maximum Gasteiger partial charge on any atom is 0.244 e. The Kier molecular flexibility index (Phi) is 4.55. The summed E-state index contributed by atoms with van der Waals surface area (Å²) >= 11 is 0. The molecule has 1 fully saturated rings. The molecule has 0 aliphatic carbocycles. The lowest BCUT2D eigenvalue weighted by Crippen LogP contribution is -2.53. The standard InChI is InChI=1S/C13H22N4O2/c1-9(2)7-17-8-11(6-15-17)16-13(18)12-10(3)19-5-4-14-12/h6,8-10,12,14H,4-5,7H2,1-3H3,(H,16,18)/t10-,12+/m1/s1. The average Bonchev–Trinajstić information content (AvgIpc) is 2.76. The Morgan fingerprint density at radius 3 is 3.16 bits per heavy atom. The number of ether oxygens (including phenoxy) is 1. The number of anilines is 1. The Bertz CT molecular complexity index is 430. The van der Waals surface area contributed by atoms with Gasteiger partial charge in [-0.15, -0.1) is 0 Å². The van der Waals surface area contributed by atoms with Crippen LogP contribution in [-0.4, -0.2) is 41.0 Å². The number of carbonyl (C=O) groups is 1. The number of amides is 1. The highest BCUT2D eigenvalue weighted by atomic mass is 16.5. The van der Waals surface area contributed by atoms with Gasteiger partial charge in [-0.05, 0) is 12.8 Å². The highest BCUT2D eigenvalue weighted by Gasteiger charge is 2.28. The van der Waals surface area contributed by atoms with Gasteiger partial charge in [0.15, 0.2) is 0 Å². The smallest absolute Gasteiger partial charge is 0.244 e. The highest BCUT2D eigenvalue weighted by Crippen LogP contribution is 2.10. The van der Waals surface area contributed by atoms with Crippen molar-refractivity contribution < 1.29 is 9.53 Å². The molecule has 1 amide bonds. The van der Waals surface area contributed by atoms with E-state index in [1.807, 2.05) is 17.8 Å². The van der Waals surface area contributed by atoms with Gasteiger partial charge in [0.25, 0.3) is 0 Å². The normalized spacial score (nSPS) is 23.6. The summed E-state index contributed by atoms with van der Waals surface area (Å²) in [5.41, 5.74) is 0.727. The molecular formula is C13H22N4O2. The molecular weight excluding hydrogens is 244 g/mol. The fourth-order valence-electron chi connectivity index (χ4n) is 2.15. The Hall–Kier alpha value is -1.40. The lowest BCUT2D eigenvalue weighted by molar-refractivity contribution is -0.123. The molecule has 2 rings (SSSR count). The minimum absolute atomic E-state index is 0.0729. The predicted molar refractivity (Wildman–Crippen MR) is 72.9 cm³/mol. The molecule has 1 aromatic heterocycles.